The Labute approximate surface area is 129 Å². The van der Waals surface area contributed by atoms with Gasteiger partial charge >= 0.3 is 5.97 Å². The molecule has 3 rings (SSSR count). The number of rotatable bonds is 4. The van der Waals surface area contributed by atoms with Gasteiger partial charge in [-0.15, -0.1) is 0 Å². The van der Waals surface area contributed by atoms with E-state index in [0.717, 1.165) is 16.3 Å². The Morgan fingerprint density at radius 2 is 1.91 bits per heavy atom. The summed E-state index contributed by atoms with van der Waals surface area (Å²) < 4.78 is 26.2. The average Bonchev–Trinajstić information content (AvgIpc) is 2.97. The highest BCUT2D eigenvalue weighted by Gasteiger charge is 2.34. The van der Waals surface area contributed by atoms with Gasteiger partial charge in [-0.05, 0) is 22.8 Å². The van der Waals surface area contributed by atoms with Crippen molar-refractivity contribution < 1.29 is 18.3 Å². The highest BCUT2D eigenvalue weighted by Crippen LogP contribution is 2.23. The van der Waals surface area contributed by atoms with Crippen molar-refractivity contribution in [2.24, 2.45) is 5.92 Å². The molecule has 22 heavy (non-hydrogen) atoms. The second-order valence-electron chi connectivity index (χ2n) is 5.62. The number of fused-ring (bicyclic) bond motifs is 1. The number of hydrogen-bond acceptors (Lipinski definition) is 3. The summed E-state index contributed by atoms with van der Waals surface area (Å²) in [5.41, 5.74) is 0.720. The summed E-state index contributed by atoms with van der Waals surface area (Å²) in [6.07, 6.45) is 0.381. The number of sulfonamides is 1. The molecule has 0 spiro atoms. The Bertz CT molecular complexity index is 816. The predicted molar refractivity (Wildman–Crippen MR) is 83.9 cm³/mol. The number of aliphatic carboxylic acids is 1. The minimum Gasteiger partial charge on any atom is -0.481 e. The quantitative estimate of drug-likeness (QED) is 0.936. The van der Waals surface area contributed by atoms with E-state index in [-0.39, 0.29) is 18.8 Å². The van der Waals surface area contributed by atoms with Crippen LogP contribution < -0.4 is 0 Å². The molecule has 1 heterocycles. The summed E-state index contributed by atoms with van der Waals surface area (Å²) in [5.74, 6) is -1.61. The van der Waals surface area contributed by atoms with E-state index in [2.05, 4.69) is 0 Å². The van der Waals surface area contributed by atoms with Crippen LogP contribution in [0.15, 0.2) is 42.5 Å². The molecule has 6 heteroatoms. The summed E-state index contributed by atoms with van der Waals surface area (Å²) in [7, 11) is -3.48. The van der Waals surface area contributed by atoms with Crippen LogP contribution in [0.1, 0.15) is 12.0 Å². The molecule has 0 saturated carbocycles. The Balaban J connectivity index is 1.80. The van der Waals surface area contributed by atoms with E-state index < -0.39 is 21.9 Å². The lowest BCUT2D eigenvalue weighted by atomic mass is 10.1. The maximum absolute atomic E-state index is 12.4. The second kappa shape index (κ2) is 5.70. The van der Waals surface area contributed by atoms with Crippen LogP contribution in [0.5, 0.6) is 0 Å². The van der Waals surface area contributed by atoms with Gasteiger partial charge < -0.3 is 5.11 Å². The van der Waals surface area contributed by atoms with Gasteiger partial charge in [0.2, 0.25) is 10.0 Å². The number of hydrogen-bond donors (Lipinski definition) is 1. The summed E-state index contributed by atoms with van der Waals surface area (Å²) in [6, 6.07) is 13.4. The van der Waals surface area contributed by atoms with Crippen LogP contribution in [-0.2, 0) is 20.6 Å². The van der Waals surface area contributed by atoms with Gasteiger partial charge in [0.25, 0.3) is 0 Å². The van der Waals surface area contributed by atoms with Crippen molar-refractivity contribution in [2.45, 2.75) is 12.2 Å². The molecular formula is C16H17NO4S. The van der Waals surface area contributed by atoms with Crippen molar-refractivity contribution in [3.05, 3.63) is 48.0 Å². The third-order valence-electron chi connectivity index (χ3n) is 4.06. The van der Waals surface area contributed by atoms with Gasteiger partial charge in [-0.2, -0.15) is 0 Å². The molecule has 1 unspecified atom stereocenters. The third kappa shape index (κ3) is 2.98. The molecule has 0 aliphatic carbocycles. The van der Waals surface area contributed by atoms with Crippen LogP contribution in [0, 0.1) is 5.92 Å². The fourth-order valence-corrected chi connectivity index (χ4v) is 4.39. The normalized spacial score (nSPS) is 19.5. The van der Waals surface area contributed by atoms with E-state index in [9.17, 15) is 13.2 Å². The Morgan fingerprint density at radius 3 is 2.59 bits per heavy atom. The fraction of sp³-hybridized carbons (Fsp3) is 0.312. The van der Waals surface area contributed by atoms with Crippen LogP contribution in [-0.4, -0.2) is 36.9 Å². The van der Waals surface area contributed by atoms with E-state index in [4.69, 9.17) is 5.11 Å². The average molecular weight is 319 g/mol. The molecular weight excluding hydrogens is 302 g/mol. The zero-order valence-corrected chi connectivity index (χ0v) is 12.8. The lowest BCUT2D eigenvalue weighted by Gasteiger charge is -2.16. The molecule has 1 atom stereocenters. The Kier molecular flexibility index (Phi) is 3.88. The van der Waals surface area contributed by atoms with Gasteiger partial charge in [-0.25, -0.2) is 12.7 Å². The summed E-state index contributed by atoms with van der Waals surface area (Å²) >= 11 is 0. The molecule has 2 aromatic rings. The highest BCUT2D eigenvalue weighted by atomic mass is 32.2. The second-order valence-corrected chi connectivity index (χ2v) is 7.59. The zero-order chi connectivity index (χ0) is 15.7. The van der Waals surface area contributed by atoms with E-state index in [1.807, 2.05) is 42.5 Å². The molecule has 1 saturated heterocycles. The number of benzene rings is 2. The summed E-state index contributed by atoms with van der Waals surface area (Å²) in [5, 5.41) is 11.0. The maximum Gasteiger partial charge on any atom is 0.307 e. The van der Waals surface area contributed by atoms with E-state index in [1.165, 1.54) is 4.31 Å². The SMILES string of the molecule is O=C(O)C1CCN(S(=O)(=O)Cc2ccc3ccccc3c2)C1. The number of nitrogens with zero attached hydrogens (tertiary/aromatic N) is 1. The first-order chi connectivity index (χ1) is 10.5. The van der Waals surface area contributed by atoms with Gasteiger partial charge in [0.15, 0.2) is 0 Å². The lowest BCUT2D eigenvalue weighted by molar-refractivity contribution is -0.141. The molecule has 0 aromatic heterocycles. The largest absolute Gasteiger partial charge is 0.481 e. The first kappa shape index (κ1) is 15.0. The molecule has 1 fully saturated rings. The third-order valence-corrected chi connectivity index (χ3v) is 5.87. The van der Waals surface area contributed by atoms with Crippen molar-refractivity contribution in [1.82, 2.24) is 4.31 Å². The van der Waals surface area contributed by atoms with Crippen molar-refractivity contribution in [3.8, 4) is 0 Å². The van der Waals surface area contributed by atoms with E-state index >= 15 is 0 Å². The number of carbonyl (C=O) groups is 1. The number of carboxylic acid groups (broad SMARTS) is 1. The maximum atomic E-state index is 12.4. The van der Waals surface area contributed by atoms with Crippen LogP contribution in [0.25, 0.3) is 10.8 Å². The Hall–Kier alpha value is -1.92. The van der Waals surface area contributed by atoms with Gasteiger partial charge in [0, 0.05) is 13.1 Å². The first-order valence-electron chi connectivity index (χ1n) is 7.14. The van der Waals surface area contributed by atoms with E-state index in [1.54, 1.807) is 0 Å². The minimum atomic E-state index is -3.48. The molecule has 0 bridgehead atoms. The first-order valence-corrected chi connectivity index (χ1v) is 8.75. The van der Waals surface area contributed by atoms with Crippen molar-refractivity contribution >= 4 is 26.8 Å². The predicted octanol–water partition coefficient (Wildman–Crippen LogP) is 2.08. The van der Waals surface area contributed by atoms with E-state index in [0.29, 0.717) is 6.42 Å². The lowest BCUT2D eigenvalue weighted by Crippen LogP contribution is -2.31. The highest BCUT2D eigenvalue weighted by molar-refractivity contribution is 7.88. The topological polar surface area (TPSA) is 74.7 Å². The van der Waals surface area contributed by atoms with Crippen LogP contribution in [0.4, 0.5) is 0 Å². The molecule has 1 aliphatic rings. The fourth-order valence-electron chi connectivity index (χ4n) is 2.81. The van der Waals surface area contributed by atoms with Crippen LogP contribution in [0.2, 0.25) is 0 Å². The van der Waals surface area contributed by atoms with Gasteiger partial charge in [0.05, 0.1) is 11.7 Å². The van der Waals surface area contributed by atoms with Crippen molar-refractivity contribution in [2.75, 3.05) is 13.1 Å². The molecule has 0 radical (unpaired) electrons. The molecule has 2 aromatic carbocycles. The number of carboxylic acids is 1. The minimum absolute atomic E-state index is 0.0747. The zero-order valence-electron chi connectivity index (χ0n) is 12.0. The van der Waals surface area contributed by atoms with Crippen LogP contribution >= 0.6 is 0 Å². The summed E-state index contributed by atoms with van der Waals surface area (Å²) in [4.78, 5) is 11.0. The molecule has 0 amide bonds. The molecule has 1 N–H and O–H groups in total. The monoisotopic (exact) mass is 319 g/mol. The van der Waals surface area contributed by atoms with Gasteiger partial charge in [-0.3, -0.25) is 4.79 Å². The summed E-state index contributed by atoms with van der Waals surface area (Å²) in [6.45, 7) is 0.359. The van der Waals surface area contributed by atoms with Crippen molar-refractivity contribution in [1.29, 1.82) is 0 Å². The molecule has 1 aliphatic heterocycles. The van der Waals surface area contributed by atoms with Gasteiger partial charge in [-0.1, -0.05) is 42.5 Å². The Morgan fingerprint density at radius 1 is 1.18 bits per heavy atom. The molecule has 116 valence electrons. The molecule has 5 nitrogen and oxygen atoms in total. The standard InChI is InChI=1S/C16H17NO4S/c18-16(19)15-7-8-17(10-15)22(20,21)11-12-5-6-13-3-1-2-4-14(13)9-12/h1-6,9,15H,7-8,10-11H2,(H,18,19). The van der Waals surface area contributed by atoms with Crippen LogP contribution in [0.3, 0.4) is 0 Å². The smallest absolute Gasteiger partial charge is 0.307 e. The van der Waals surface area contributed by atoms with Crippen molar-refractivity contribution in [3.63, 3.8) is 0 Å². The van der Waals surface area contributed by atoms with Gasteiger partial charge in [0.1, 0.15) is 0 Å².